The summed E-state index contributed by atoms with van der Waals surface area (Å²) in [5.41, 5.74) is 2.05. The maximum atomic E-state index is 11.7. The Bertz CT molecular complexity index is 921. The number of amides is 1. The molecule has 9 heteroatoms. The molecule has 0 unspecified atom stereocenters. The summed E-state index contributed by atoms with van der Waals surface area (Å²) in [5, 5.41) is 19.1. The minimum atomic E-state index is -0.0625. The number of nitrogens with one attached hydrogen (secondary N) is 1. The van der Waals surface area contributed by atoms with Gasteiger partial charge in [0.15, 0.2) is 0 Å². The lowest BCUT2D eigenvalue weighted by Gasteiger charge is -2.28. The number of aliphatic hydroxyl groups is 1. The van der Waals surface area contributed by atoms with Crippen LogP contribution in [-0.2, 0) is 24.3 Å². The topological polar surface area (TPSA) is 96.2 Å². The van der Waals surface area contributed by atoms with Gasteiger partial charge < -0.3 is 15.3 Å². The van der Waals surface area contributed by atoms with Crippen molar-refractivity contribution in [3.8, 4) is 0 Å². The fraction of sp³-hybridized carbons (Fsp3) is 0.412. The van der Waals surface area contributed by atoms with E-state index in [1.165, 1.54) is 0 Å². The summed E-state index contributed by atoms with van der Waals surface area (Å²) in [4.78, 5) is 23.7. The van der Waals surface area contributed by atoms with Crippen molar-refractivity contribution in [2.45, 2.75) is 25.9 Å². The number of nitrogens with zero attached hydrogens (tertiary/aromatic N) is 5. The first-order valence-electron chi connectivity index (χ1n) is 8.61. The molecular formula is C17H20N6O2S. The molecule has 0 spiro atoms. The first-order chi connectivity index (χ1) is 12.7. The third-order valence-corrected chi connectivity index (χ3v) is 5.25. The standard InChI is InChI=1S/C17H20N6O2S/c24-7-4-18-15(25)2-1-12-9-13-10-22(5-6-23(13)21-12)16-14-3-8-26-17(14)20-11-19-16/h3,8-9,11,24H,1-2,4-7,10H2,(H,18,25). The van der Waals surface area contributed by atoms with Crippen LogP contribution in [0, 0.1) is 0 Å². The maximum Gasteiger partial charge on any atom is 0.220 e. The van der Waals surface area contributed by atoms with E-state index >= 15 is 0 Å². The van der Waals surface area contributed by atoms with E-state index in [9.17, 15) is 4.79 Å². The molecule has 0 aliphatic carbocycles. The monoisotopic (exact) mass is 372 g/mol. The van der Waals surface area contributed by atoms with Crippen LogP contribution in [0.1, 0.15) is 17.8 Å². The fourth-order valence-corrected chi connectivity index (χ4v) is 3.91. The van der Waals surface area contributed by atoms with Crippen molar-refractivity contribution in [2.24, 2.45) is 0 Å². The number of anilines is 1. The van der Waals surface area contributed by atoms with Gasteiger partial charge in [-0.05, 0) is 17.5 Å². The predicted molar refractivity (Wildman–Crippen MR) is 99.1 cm³/mol. The Morgan fingerprint density at radius 3 is 3.15 bits per heavy atom. The smallest absolute Gasteiger partial charge is 0.220 e. The summed E-state index contributed by atoms with van der Waals surface area (Å²) in [6.45, 7) is 2.63. The number of thiophene rings is 1. The van der Waals surface area contributed by atoms with E-state index in [0.717, 1.165) is 47.1 Å². The van der Waals surface area contributed by atoms with Crippen molar-refractivity contribution in [2.75, 3.05) is 24.6 Å². The average molecular weight is 372 g/mol. The summed E-state index contributed by atoms with van der Waals surface area (Å²) in [6, 6.07) is 4.13. The number of hydrogen-bond acceptors (Lipinski definition) is 7. The molecule has 0 atom stereocenters. The van der Waals surface area contributed by atoms with E-state index in [-0.39, 0.29) is 12.5 Å². The van der Waals surface area contributed by atoms with Crippen LogP contribution in [0.5, 0.6) is 0 Å². The van der Waals surface area contributed by atoms with Gasteiger partial charge in [0.1, 0.15) is 17.0 Å². The lowest BCUT2D eigenvalue weighted by atomic mass is 10.2. The van der Waals surface area contributed by atoms with Crippen LogP contribution in [0.3, 0.4) is 0 Å². The molecule has 0 bridgehead atoms. The molecule has 0 aromatic carbocycles. The zero-order chi connectivity index (χ0) is 17.9. The van der Waals surface area contributed by atoms with Gasteiger partial charge in [-0.2, -0.15) is 5.10 Å². The maximum absolute atomic E-state index is 11.7. The highest BCUT2D eigenvalue weighted by Crippen LogP contribution is 2.29. The van der Waals surface area contributed by atoms with Gasteiger partial charge in [-0.1, -0.05) is 0 Å². The predicted octanol–water partition coefficient (Wildman–Crippen LogP) is 0.949. The Morgan fingerprint density at radius 2 is 2.27 bits per heavy atom. The first kappa shape index (κ1) is 16.9. The molecule has 1 aliphatic rings. The second-order valence-corrected chi connectivity index (χ2v) is 7.08. The van der Waals surface area contributed by atoms with Crippen LogP contribution in [0.2, 0.25) is 0 Å². The first-order valence-corrected chi connectivity index (χ1v) is 9.49. The minimum Gasteiger partial charge on any atom is -0.395 e. The summed E-state index contributed by atoms with van der Waals surface area (Å²) < 4.78 is 2.02. The van der Waals surface area contributed by atoms with Gasteiger partial charge >= 0.3 is 0 Å². The zero-order valence-corrected chi connectivity index (χ0v) is 15.1. The number of fused-ring (bicyclic) bond motifs is 2. The molecule has 2 N–H and O–H groups in total. The number of aromatic nitrogens is 4. The van der Waals surface area contributed by atoms with Crippen LogP contribution in [-0.4, -0.2) is 50.5 Å². The van der Waals surface area contributed by atoms with Crippen molar-refractivity contribution < 1.29 is 9.90 Å². The average Bonchev–Trinajstić information content (AvgIpc) is 3.29. The molecule has 0 radical (unpaired) electrons. The van der Waals surface area contributed by atoms with Crippen molar-refractivity contribution in [3.63, 3.8) is 0 Å². The molecule has 136 valence electrons. The van der Waals surface area contributed by atoms with E-state index in [1.54, 1.807) is 17.7 Å². The Hall–Kier alpha value is -2.52. The summed E-state index contributed by atoms with van der Waals surface area (Å²) >= 11 is 1.62. The second kappa shape index (κ2) is 7.38. The number of carbonyl (C=O) groups is 1. The van der Waals surface area contributed by atoms with E-state index in [4.69, 9.17) is 5.11 Å². The largest absolute Gasteiger partial charge is 0.395 e. The number of aliphatic hydroxyl groups excluding tert-OH is 1. The van der Waals surface area contributed by atoms with Gasteiger partial charge in [0.2, 0.25) is 5.91 Å². The van der Waals surface area contributed by atoms with Gasteiger partial charge in [0.25, 0.3) is 0 Å². The Labute approximate surface area is 154 Å². The van der Waals surface area contributed by atoms with Crippen molar-refractivity contribution in [3.05, 3.63) is 35.2 Å². The quantitative estimate of drug-likeness (QED) is 0.669. The molecule has 4 rings (SSSR count). The number of hydrogen-bond donors (Lipinski definition) is 2. The number of aryl methyl sites for hydroxylation is 1. The van der Waals surface area contributed by atoms with E-state index in [0.29, 0.717) is 19.4 Å². The SMILES string of the molecule is O=C(CCc1cc2n(n1)CCN(c1ncnc3sccc13)C2)NCCO. The number of rotatable bonds is 6. The van der Waals surface area contributed by atoms with Crippen molar-refractivity contribution >= 4 is 33.3 Å². The molecule has 0 saturated carbocycles. The van der Waals surface area contributed by atoms with Crippen LogP contribution in [0.4, 0.5) is 5.82 Å². The summed E-state index contributed by atoms with van der Waals surface area (Å²) in [7, 11) is 0. The highest BCUT2D eigenvalue weighted by atomic mass is 32.1. The highest BCUT2D eigenvalue weighted by molar-refractivity contribution is 7.16. The van der Waals surface area contributed by atoms with Crippen LogP contribution in [0.25, 0.3) is 10.2 Å². The van der Waals surface area contributed by atoms with E-state index in [1.807, 2.05) is 10.1 Å². The van der Waals surface area contributed by atoms with Gasteiger partial charge in [0.05, 0.1) is 36.5 Å². The Kier molecular flexibility index (Phi) is 4.81. The molecule has 0 saturated heterocycles. The van der Waals surface area contributed by atoms with Crippen LogP contribution >= 0.6 is 11.3 Å². The van der Waals surface area contributed by atoms with Crippen LogP contribution in [0.15, 0.2) is 23.8 Å². The third-order valence-electron chi connectivity index (χ3n) is 4.43. The van der Waals surface area contributed by atoms with Gasteiger partial charge in [0, 0.05) is 25.9 Å². The number of carbonyl (C=O) groups excluding carboxylic acids is 1. The molecule has 1 amide bonds. The molecule has 3 aromatic heterocycles. The van der Waals surface area contributed by atoms with Crippen molar-refractivity contribution in [1.29, 1.82) is 0 Å². The normalized spacial score (nSPS) is 13.8. The van der Waals surface area contributed by atoms with Gasteiger partial charge in [-0.3, -0.25) is 9.48 Å². The zero-order valence-electron chi connectivity index (χ0n) is 14.3. The van der Waals surface area contributed by atoms with Crippen molar-refractivity contribution in [1.82, 2.24) is 25.1 Å². The second-order valence-electron chi connectivity index (χ2n) is 6.18. The van der Waals surface area contributed by atoms with Gasteiger partial charge in [-0.25, -0.2) is 9.97 Å². The molecule has 0 fully saturated rings. The Morgan fingerprint density at radius 1 is 1.35 bits per heavy atom. The van der Waals surface area contributed by atoms with Crippen LogP contribution < -0.4 is 10.2 Å². The molecule has 3 aromatic rings. The van der Waals surface area contributed by atoms with Gasteiger partial charge in [-0.15, -0.1) is 11.3 Å². The lowest BCUT2D eigenvalue weighted by molar-refractivity contribution is -0.121. The fourth-order valence-electron chi connectivity index (χ4n) is 3.18. The van der Waals surface area contributed by atoms with E-state index < -0.39 is 0 Å². The summed E-state index contributed by atoms with van der Waals surface area (Å²) in [5.74, 6) is 0.904. The molecule has 8 nitrogen and oxygen atoms in total. The highest BCUT2D eigenvalue weighted by Gasteiger charge is 2.21. The third kappa shape index (κ3) is 3.40. The molecule has 4 heterocycles. The van der Waals surface area contributed by atoms with E-state index in [2.05, 4.69) is 37.4 Å². The molecule has 1 aliphatic heterocycles. The minimum absolute atomic E-state index is 0.0409. The molecule has 26 heavy (non-hydrogen) atoms. The Balaban J connectivity index is 1.45. The summed E-state index contributed by atoms with van der Waals surface area (Å²) in [6.07, 6.45) is 2.59. The molecular weight excluding hydrogens is 352 g/mol. The lowest BCUT2D eigenvalue weighted by Crippen LogP contribution is -2.34.